The minimum absolute atomic E-state index is 0. The van der Waals surface area contributed by atoms with Gasteiger partial charge in [-0.05, 0) is 43.0 Å². The first-order valence-corrected chi connectivity index (χ1v) is 8.60. The Morgan fingerprint density at radius 2 is 1.96 bits per heavy atom. The molecule has 1 atom stereocenters. The molecular formula is C20H27IN4. The molecule has 5 heteroatoms. The van der Waals surface area contributed by atoms with Crippen LogP contribution in [0, 0.1) is 13.8 Å². The van der Waals surface area contributed by atoms with Crippen molar-refractivity contribution in [3.8, 4) is 0 Å². The largest absolute Gasteiger partial charge is 0.351 e. The average Bonchev–Trinajstić information content (AvgIpc) is 3.07. The molecule has 0 amide bonds. The number of hydrogen-bond donors (Lipinski definition) is 1. The summed E-state index contributed by atoms with van der Waals surface area (Å²) in [7, 11) is 1.86. The molecule has 0 bridgehead atoms. The van der Waals surface area contributed by atoms with Crippen molar-refractivity contribution < 1.29 is 0 Å². The Labute approximate surface area is 167 Å². The third kappa shape index (κ3) is 4.71. The van der Waals surface area contributed by atoms with E-state index in [1.54, 1.807) is 0 Å². The third-order valence-corrected chi connectivity index (χ3v) is 4.86. The lowest BCUT2D eigenvalue weighted by Crippen LogP contribution is -2.39. The predicted molar refractivity (Wildman–Crippen MR) is 115 cm³/mol. The summed E-state index contributed by atoms with van der Waals surface area (Å²) >= 11 is 0. The lowest BCUT2D eigenvalue weighted by atomic mass is 9.94. The molecule has 1 aliphatic heterocycles. The normalized spacial score (nSPS) is 17.3. The highest BCUT2D eigenvalue weighted by Gasteiger charge is 2.26. The molecule has 0 aliphatic carbocycles. The molecular weight excluding hydrogens is 423 g/mol. The van der Waals surface area contributed by atoms with Crippen LogP contribution in [0.5, 0.6) is 0 Å². The zero-order valence-electron chi connectivity index (χ0n) is 15.2. The van der Waals surface area contributed by atoms with Crippen LogP contribution in [0.3, 0.4) is 0 Å². The summed E-state index contributed by atoms with van der Waals surface area (Å²) in [5.41, 5.74) is 5.14. The first-order chi connectivity index (χ1) is 11.7. The van der Waals surface area contributed by atoms with E-state index in [2.05, 4.69) is 64.4 Å². The van der Waals surface area contributed by atoms with Gasteiger partial charge in [-0.1, -0.05) is 30.3 Å². The van der Waals surface area contributed by atoms with Gasteiger partial charge in [-0.2, -0.15) is 0 Å². The van der Waals surface area contributed by atoms with E-state index in [9.17, 15) is 0 Å². The van der Waals surface area contributed by atoms with Crippen molar-refractivity contribution >= 4 is 29.9 Å². The number of hydrogen-bond acceptors (Lipinski definition) is 2. The highest BCUT2D eigenvalue weighted by atomic mass is 127. The Morgan fingerprint density at radius 1 is 1.20 bits per heavy atom. The van der Waals surface area contributed by atoms with Crippen molar-refractivity contribution in [1.82, 2.24) is 15.2 Å². The van der Waals surface area contributed by atoms with Gasteiger partial charge in [-0.25, -0.2) is 0 Å². The van der Waals surface area contributed by atoms with Crippen molar-refractivity contribution in [1.29, 1.82) is 0 Å². The molecule has 25 heavy (non-hydrogen) atoms. The Balaban J connectivity index is 0.00000225. The van der Waals surface area contributed by atoms with Crippen LogP contribution >= 0.6 is 24.0 Å². The molecule has 4 nitrogen and oxygen atoms in total. The number of guanidine groups is 1. The van der Waals surface area contributed by atoms with Crippen LogP contribution < -0.4 is 5.32 Å². The molecule has 0 saturated carbocycles. The van der Waals surface area contributed by atoms with E-state index in [4.69, 9.17) is 0 Å². The lowest BCUT2D eigenvalue weighted by molar-refractivity contribution is 0.485. The SMILES string of the molecule is CN=C(NCc1ncccc1C)N1CCC(c2ccccc2C)C1.I. The topological polar surface area (TPSA) is 40.5 Å². The monoisotopic (exact) mass is 450 g/mol. The molecule has 1 aromatic carbocycles. The molecule has 1 saturated heterocycles. The van der Waals surface area contributed by atoms with Gasteiger partial charge in [0.1, 0.15) is 0 Å². The van der Waals surface area contributed by atoms with Crippen molar-refractivity contribution in [3.05, 3.63) is 65.0 Å². The molecule has 0 radical (unpaired) electrons. The van der Waals surface area contributed by atoms with E-state index in [1.165, 1.54) is 23.1 Å². The van der Waals surface area contributed by atoms with Crippen LogP contribution in [0.25, 0.3) is 0 Å². The Morgan fingerprint density at radius 3 is 2.68 bits per heavy atom. The van der Waals surface area contributed by atoms with Crippen LogP contribution in [-0.2, 0) is 6.54 Å². The molecule has 2 aromatic rings. The lowest BCUT2D eigenvalue weighted by Gasteiger charge is -2.22. The number of aryl methyl sites for hydroxylation is 2. The Kier molecular flexibility index (Phi) is 7.23. The Bertz CT molecular complexity index is 729. The summed E-state index contributed by atoms with van der Waals surface area (Å²) in [6, 6.07) is 12.8. The number of halogens is 1. The third-order valence-electron chi connectivity index (χ3n) is 4.86. The van der Waals surface area contributed by atoms with E-state index in [0.717, 1.165) is 24.7 Å². The van der Waals surface area contributed by atoms with Gasteiger partial charge < -0.3 is 10.2 Å². The number of pyridine rings is 1. The summed E-state index contributed by atoms with van der Waals surface area (Å²) in [4.78, 5) is 11.3. The molecule has 0 spiro atoms. The van der Waals surface area contributed by atoms with E-state index >= 15 is 0 Å². The van der Waals surface area contributed by atoms with Crippen molar-refractivity contribution in [2.45, 2.75) is 32.7 Å². The fourth-order valence-corrected chi connectivity index (χ4v) is 3.45. The molecule has 134 valence electrons. The summed E-state index contributed by atoms with van der Waals surface area (Å²) in [5.74, 6) is 1.55. The quantitative estimate of drug-likeness (QED) is 0.439. The zero-order chi connectivity index (χ0) is 16.9. The molecule has 3 rings (SSSR count). The summed E-state index contributed by atoms with van der Waals surface area (Å²) in [6.07, 6.45) is 3.02. The minimum Gasteiger partial charge on any atom is -0.351 e. The predicted octanol–water partition coefficient (Wildman–Crippen LogP) is 3.88. The second-order valence-corrected chi connectivity index (χ2v) is 6.46. The van der Waals surface area contributed by atoms with Gasteiger partial charge in [0.05, 0.1) is 12.2 Å². The number of rotatable bonds is 3. The van der Waals surface area contributed by atoms with Gasteiger partial charge in [0.25, 0.3) is 0 Å². The Hall–Kier alpha value is -1.63. The van der Waals surface area contributed by atoms with E-state index in [0.29, 0.717) is 12.5 Å². The molecule has 1 N–H and O–H groups in total. The second kappa shape index (κ2) is 9.17. The molecule has 1 aliphatic rings. The second-order valence-electron chi connectivity index (χ2n) is 6.46. The van der Waals surface area contributed by atoms with Crippen molar-refractivity contribution in [2.24, 2.45) is 4.99 Å². The maximum atomic E-state index is 4.47. The fraction of sp³-hybridized carbons (Fsp3) is 0.400. The standard InChI is InChI=1S/C20H26N4.HI/c1-15-7-4-5-9-18(15)17-10-12-24(14-17)20(21-3)23-13-19-16(2)8-6-11-22-19;/h4-9,11,17H,10,12-14H2,1-3H3,(H,21,23);1H. The number of nitrogens with one attached hydrogen (secondary N) is 1. The van der Waals surface area contributed by atoms with Gasteiger partial charge in [-0.3, -0.25) is 9.98 Å². The maximum Gasteiger partial charge on any atom is 0.193 e. The smallest absolute Gasteiger partial charge is 0.193 e. The molecule has 1 unspecified atom stereocenters. The molecule has 1 fully saturated rings. The maximum absolute atomic E-state index is 4.47. The van der Waals surface area contributed by atoms with Gasteiger partial charge in [0, 0.05) is 32.3 Å². The van der Waals surface area contributed by atoms with Gasteiger partial charge in [0.15, 0.2) is 5.96 Å². The van der Waals surface area contributed by atoms with Crippen LogP contribution in [0.4, 0.5) is 0 Å². The number of likely N-dealkylation sites (tertiary alicyclic amines) is 1. The first kappa shape index (κ1) is 19.7. The van der Waals surface area contributed by atoms with Gasteiger partial charge >= 0.3 is 0 Å². The summed E-state index contributed by atoms with van der Waals surface area (Å²) < 4.78 is 0. The fourth-order valence-electron chi connectivity index (χ4n) is 3.45. The summed E-state index contributed by atoms with van der Waals surface area (Å²) in [5, 5.41) is 3.47. The van der Waals surface area contributed by atoms with Crippen LogP contribution in [0.2, 0.25) is 0 Å². The molecule has 1 aromatic heterocycles. The zero-order valence-corrected chi connectivity index (χ0v) is 17.5. The highest BCUT2D eigenvalue weighted by Crippen LogP contribution is 2.29. The molecule has 2 heterocycles. The van der Waals surface area contributed by atoms with Crippen molar-refractivity contribution in [3.63, 3.8) is 0 Å². The number of aliphatic imine (C=N–C) groups is 1. The number of nitrogens with zero attached hydrogens (tertiary/aromatic N) is 3. The number of aromatic nitrogens is 1. The van der Waals surface area contributed by atoms with Crippen LogP contribution in [0.15, 0.2) is 47.6 Å². The van der Waals surface area contributed by atoms with E-state index in [1.807, 2.05) is 19.3 Å². The van der Waals surface area contributed by atoms with Gasteiger partial charge in [0.2, 0.25) is 0 Å². The van der Waals surface area contributed by atoms with Crippen LogP contribution in [-0.4, -0.2) is 36.0 Å². The van der Waals surface area contributed by atoms with E-state index < -0.39 is 0 Å². The van der Waals surface area contributed by atoms with Crippen molar-refractivity contribution in [2.75, 3.05) is 20.1 Å². The van der Waals surface area contributed by atoms with Crippen LogP contribution in [0.1, 0.15) is 34.7 Å². The minimum atomic E-state index is 0. The number of benzene rings is 1. The summed E-state index contributed by atoms with van der Waals surface area (Å²) in [6.45, 7) is 7.07. The highest BCUT2D eigenvalue weighted by molar-refractivity contribution is 14.0. The first-order valence-electron chi connectivity index (χ1n) is 8.60. The van der Waals surface area contributed by atoms with Gasteiger partial charge in [-0.15, -0.1) is 24.0 Å². The van der Waals surface area contributed by atoms with E-state index in [-0.39, 0.29) is 24.0 Å². The average molecular weight is 450 g/mol.